The summed E-state index contributed by atoms with van der Waals surface area (Å²) in [4.78, 5) is 22.6. The van der Waals surface area contributed by atoms with Gasteiger partial charge in [0.05, 0.1) is 0 Å². The first kappa shape index (κ1) is 14.0. The molecule has 0 aromatic rings. The van der Waals surface area contributed by atoms with Crippen LogP contribution in [-0.4, -0.2) is 31.4 Å². The molecule has 1 aliphatic carbocycles. The molecule has 0 saturated heterocycles. The minimum atomic E-state index is -0.0725. The zero-order valence-electron chi connectivity index (χ0n) is 10.5. The molecule has 2 atom stereocenters. The van der Waals surface area contributed by atoms with Crippen LogP contribution in [0.5, 0.6) is 0 Å². The fourth-order valence-electron chi connectivity index (χ4n) is 2.39. The summed E-state index contributed by atoms with van der Waals surface area (Å²) in [5.74, 6) is 0.401. The van der Waals surface area contributed by atoms with Gasteiger partial charge in [0.2, 0.25) is 11.8 Å². The first-order valence-corrected chi connectivity index (χ1v) is 6.37. The number of hydrogen-bond acceptors (Lipinski definition) is 3. The Kier molecular flexibility index (Phi) is 5.97. The Morgan fingerprint density at radius 3 is 2.47 bits per heavy atom. The molecular formula is C12H23N3O2. The highest BCUT2D eigenvalue weighted by molar-refractivity contribution is 5.79. The highest BCUT2D eigenvalue weighted by Gasteiger charge is 2.29. The van der Waals surface area contributed by atoms with Crippen molar-refractivity contribution in [2.75, 3.05) is 19.6 Å². The van der Waals surface area contributed by atoms with Gasteiger partial charge in [0, 0.05) is 25.9 Å². The van der Waals surface area contributed by atoms with Gasteiger partial charge in [0.25, 0.3) is 0 Å². The van der Waals surface area contributed by atoms with E-state index in [2.05, 4.69) is 10.6 Å². The molecule has 0 radical (unpaired) electrons. The second kappa shape index (κ2) is 7.27. The molecule has 4 N–H and O–H groups in total. The monoisotopic (exact) mass is 241 g/mol. The number of hydrogen-bond donors (Lipinski definition) is 3. The maximum atomic E-state index is 11.9. The van der Waals surface area contributed by atoms with Crippen LogP contribution in [0, 0.1) is 11.8 Å². The first-order valence-electron chi connectivity index (χ1n) is 6.37. The molecule has 0 heterocycles. The third-order valence-electron chi connectivity index (χ3n) is 3.35. The highest BCUT2D eigenvalue weighted by atomic mass is 16.2. The van der Waals surface area contributed by atoms with Gasteiger partial charge in [-0.25, -0.2) is 0 Å². The number of carbonyl (C=O) groups is 2. The Morgan fingerprint density at radius 2 is 1.82 bits per heavy atom. The molecule has 2 unspecified atom stereocenters. The van der Waals surface area contributed by atoms with E-state index in [0.29, 0.717) is 25.6 Å². The minimum absolute atomic E-state index is 0.0612. The SMILES string of the molecule is CC(=O)NCCNC(=O)C1CCCCC1CN. The summed E-state index contributed by atoms with van der Waals surface area (Å²) in [6, 6.07) is 0. The number of nitrogens with one attached hydrogen (secondary N) is 2. The van der Waals surface area contributed by atoms with Crippen molar-refractivity contribution < 1.29 is 9.59 Å². The summed E-state index contributed by atoms with van der Waals surface area (Å²) >= 11 is 0. The summed E-state index contributed by atoms with van der Waals surface area (Å²) in [5, 5.41) is 5.51. The maximum absolute atomic E-state index is 11.9. The van der Waals surface area contributed by atoms with Crippen LogP contribution >= 0.6 is 0 Å². The van der Waals surface area contributed by atoms with E-state index in [1.165, 1.54) is 13.3 Å². The molecular weight excluding hydrogens is 218 g/mol. The van der Waals surface area contributed by atoms with Gasteiger partial charge in [-0.3, -0.25) is 9.59 Å². The van der Waals surface area contributed by atoms with Crippen LogP contribution in [0.3, 0.4) is 0 Å². The highest BCUT2D eigenvalue weighted by Crippen LogP contribution is 2.29. The van der Waals surface area contributed by atoms with Crippen molar-refractivity contribution in [2.24, 2.45) is 17.6 Å². The second-order valence-corrected chi connectivity index (χ2v) is 4.66. The van der Waals surface area contributed by atoms with E-state index in [-0.39, 0.29) is 17.7 Å². The van der Waals surface area contributed by atoms with Gasteiger partial charge < -0.3 is 16.4 Å². The Labute approximate surface area is 103 Å². The standard InChI is InChI=1S/C12H23N3O2/c1-9(16)14-6-7-15-12(17)11-5-3-2-4-10(11)8-13/h10-11H,2-8,13H2,1H3,(H,14,16)(H,15,17). The lowest BCUT2D eigenvalue weighted by Crippen LogP contribution is -2.42. The Morgan fingerprint density at radius 1 is 1.18 bits per heavy atom. The van der Waals surface area contributed by atoms with Crippen LogP contribution in [-0.2, 0) is 9.59 Å². The molecule has 2 amide bonds. The summed E-state index contributed by atoms with van der Waals surface area (Å²) in [6.45, 7) is 3.03. The van der Waals surface area contributed by atoms with Crippen LogP contribution in [0.4, 0.5) is 0 Å². The van der Waals surface area contributed by atoms with Crippen molar-refractivity contribution in [3.63, 3.8) is 0 Å². The van der Waals surface area contributed by atoms with Gasteiger partial charge in [0.1, 0.15) is 0 Å². The number of rotatable bonds is 5. The van der Waals surface area contributed by atoms with Crippen LogP contribution < -0.4 is 16.4 Å². The molecule has 1 saturated carbocycles. The van der Waals surface area contributed by atoms with Gasteiger partial charge in [-0.1, -0.05) is 12.8 Å². The van der Waals surface area contributed by atoms with Gasteiger partial charge >= 0.3 is 0 Å². The zero-order chi connectivity index (χ0) is 12.7. The average Bonchev–Trinajstić information content (AvgIpc) is 2.34. The fourth-order valence-corrected chi connectivity index (χ4v) is 2.39. The molecule has 0 bridgehead atoms. The lowest BCUT2D eigenvalue weighted by Gasteiger charge is -2.29. The minimum Gasteiger partial charge on any atom is -0.355 e. The molecule has 1 aliphatic rings. The normalized spacial score (nSPS) is 24.1. The Bertz CT molecular complexity index is 268. The van der Waals surface area contributed by atoms with E-state index in [4.69, 9.17) is 5.73 Å². The summed E-state index contributed by atoms with van der Waals surface area (Å²) in [5.41, 5.74) is 5.69. The van der Waals surface area contributed by atoms with Crippen LogP contribution in [0.2, 0.25) is 0 Å². The third kappa shape index (κ3) is 4.73. The Balaban J connectivity index is 2.27. The molecule has 1 rings (SSSR count). The number of nitrogens with two attached hydrogens (primary N) is 1. The van der Waals surface area contributed by atoms with Crippen LogP contribution in [0.25, 0.3) is 0 Å². The second-order valence-electron chi connectivity index (χ2n) is 4.66. The van der Waals surface area contributed by atoms with E-state index in [1.807, 2.05) is 0 Å². The molecule has 0 aromatic heterocycles. The van der Waals surface area contributed by atoms with E-state index >= 15 is 0 Å². The predicted molar refractivity (Wildman–Crippen MR) is 66.2 cm³/mol. The fraction of sp³-hybridized carbons (Fsp3) is 0.833. The van der Waals surface area contributed by atoms with Crippen molar-refractivity contribution >= 4 is 11.8 Å². The first-order chi connectivity index (χ1) is 8.15. The average molecular weight is 241 g/mol. The van der Waals surface area contributed by atoms with E-state index in [1.54, 1.807) is 0 Å². The molecule has 5 nitrogen and oxygen atoms in total. The molecule has 5 heteroatoms. The predicted octanol–water partition coefficient (Wildman–Crippen LogP) is 0.00380. The van der Waals surface area contributed by atoms with E-state index in [9.17, 15) is 9.59 Å². The maximum Gasteiger partial charge on any atom is 0.223 e. The molecule has 0 aromatic carbocycles. The van der Waals surface area contributed by atoms with Crippen molar-refractivity contribution in [2.45, 2.75) is 32.6 Å². The van der Waals surface area contributed by atoms with Crippen LogP contribution in [0.15, 0.2) is 0 Å². The number of carbonyl (C=O) groups excluding carboxylic acids is 2. The summed E-state index contributed by atoms with van der Waals surface area (Å²) in [6.07, 6.45) is 4.28. The van der Waals surface area contributed by atoms with Crippen molar-refractivity contribution in [1.82, 2.24) is 10.6 Å². The van der Waals surface area contributed by atoms with Crippen molar-refractivity contribution in [3.05, 3.63) is 0 Å². The van der Waals surface area contributed by atoms with Gasteiger partial charge in [-0.2, -0.15) is 0 Å². The van der Waals surface area contributed by atoms with E-state index in [0.717, 1.165) is 19.3 Å². The Hall–Kier alpha value is -1.10. The third-order valence-corrected chi connectivity index (χ3v) is 3.35. The largest absolute Gasteiger partial charge is 0.355 e. The smallest absolute Gasteiger partial charge is 0.223 e. The van der Waals surface area contributed by atoms with E-state index < -0.39 is 0 Å². The zero-order valence-corrected chi connectivity index (χ0v) is 10.5. The summed E-state index contributed by atoms with van der Waals surface area (Å²) < 4.78 is 0. The summed E-state index contributed by atoms with van der Waals surface area (Å²) in [7, 11) is 0. The topological polar surface area (TPSA) is 84.2 Å². The van der Waals surface area contributed by atoms with Crippen LogP contribution in [0.1, 0.15) is 32.6 Å². The van der Waals surface area contributed by atoms with Gasteiger partial charge in [-0.05, 0) is 25.3 Å². The quantitative estimate of drug-likeness (QED) is 0.593. The van der Waals surface area contributed by atoms with Gasteiger partial charge in [0.15, 0.2) is 0 Å². The lowest BCUT2D eigenvalue weighted by molar-refractivity contribution is -0.128. The molecule has 1 fully saturated rings. The molecule has 0 aliphatic heterocycles. The van der Waals surface area contributed by atoms with Gasteiger partial charge in [-0.15, -0.1) is 0 Å². The molecule has 98 valence electrons. The molecule has 0 spiro atoms. The molecule has 17 heavy (non-hydrogen) atoms. The van der Waals surface area contributed by atoms with Crippen molar-refractivity contribution in [3.8, 4) is 0 Å². The lowest BCUT2D eigenvalue weighted by atomic mass is 9.79. The van der Waals surface area contributed by atoms with Crippen molar-refractivity contribution in [1.29, 1.82) is 0 Å². The number of amides is 2.